The molecule has 0 saturated carbocycles. The normalized spacial score (nSPS) is 14.8. The van der Waals surface area contributed by atoms with Crippen molar-refractivity contribution in [1.82, 2.24) is 15.1 Å². The average molecular weight is 449 g/mol. The predicted molar refractivity (Wildman–Crippen MR) is 129 cm³/mol. The lowest BCUT2D eigenvalue weighted by Crippen LogP contribution is -2.48. The van der Waals surface area contributed by atoms with Crippen LogP contribution in [0.4, 0.5) is 5.69 Å². The summed E-state index contributed by atoms with van der Waals surface area (Å²) in [4.78, 5) is 30.0. The zero-order valence-electron chi connectivity index (χ0n) is 18.0. The molecule has 2 heterocycles. The topological polar surface area (TPSA) is 64.7 Å². The molecule has 3 aromatic rings. The number of nitrogens with zero attached hydrogens (tertiary/aromatic N) is 2. The van der Waals surface area contributed by atoms with Crippen LogP contribution in [-0.2, 0) is 17.9 Å². The van der Waals surface area contributed by atoms with Crippen LogP contribution in [0.5, 0.6) is 0 Å². The SMILES string of the molecule is O=C(CN1CCN(Cc2ccsc2)CC1)Nc1ccccc1C(=O)NCc1ccccc1. The highest BCUT2D eigenvalue weighted by Gasteiger charge is 2.20. The summed E-state index contributed by atoms with van der Waals surface area (Å²) in [6.45, 7) is 5.34. The highest BCUT2D eigenvalue weighted by atomic mass is 32.1. The van der Waals surface area contributed by atoms with Crippen molar-refractivity contribution >= 4 is 28.8 Å². The van der Waals surface area contributed by atoms with Gasteiger partial charge >= 0.3 is 0 Å². The van der Waals surface area contributed by atoms with Crippen LogP contribution in [0.2, 0.25) is 0 Å². The van der Waals surface area contributed by atoms with Crippen LogP contribution in [0.25, 0.3) is 0 Å². The third kappa shape index (κ3) is 6.26. The van der Waals surface area contributed by atoms with Crippen LogP contribution in [0.3, 0.4) is 0 Å². The van der Waals surface area contributed by atoms with Crippen molar-refractivity contribution in [3.8, 4) is 0 Å². The first-order valence-corrected chi connectivity index (χ1v) is 11.8. The fourth-order valence-electron chi connectivity index (χ4n) is 3.80. The number of anilines is 1. The third-order valence-corrected chi connectivity index (χ3v) is 6.29. The van der Waals surface area contributed by atoms with Gasteiger partial charge < -0.3 is 10.6 Å². The van der Waals surface area contributed by atoms with Crippen molar-refractivity contribution in [2.75, 3.05) is 38.0 Å². The summed E-state index contributed by atoms with van der Waals surface area (Å²) >= 11 is 1.72. The van der Waals surface area contributed by atoms with Crippen molar-refractivity contribution in [3.05, 3.63) is 88.1 Å². The second-order valence-electron chi connectivity index (χ2n) is 7.95. The largest absolute Gasteiger partial charge is 0.348 e. The highest BCUT2D eigenvalue weighted by Crippen LogP contribution is 2.16. The van der Waals surface area contributed by atoms with E-state index in [4.69, 9.17) is 0 Å². The van der Waals surface area contributed by atoms with Crippen molar-refractivity contribution < 1.29 is 9.59 Å². The van der Waals surface area contributed by atoms with Gasteiger partial charge in [0.15, 0.2) is 0 Å². The lowest BCUT2D eigenvalue weighted by atomic mass is 10.1. The summed E-state index contributed by atoms with van der Waals surface area (Å²) in [5.74, 6) is -0.300. The molecule has 2 amide bonds. The van der Waals surface area contributed by atoms with Gasteiger partial charge in [0.25, 0.3) is 5.91 Å². The fraction of sp³-hybridized carbons (Fsp3) is 0.280. The van der Waals surface area contributed by atoms with Gasteiger partial charge in [-0.15, -0.1) is 0 Å². The Hall–Kier alpha value is -3.00. The molecule has 6 nitrogen and oxygen atoms in total. The van der Waals surface area contributed by atoms with Crippen molar-refractivity contribution in [3.63, 3.8) is 0 Å². The van der Waals surface area contributed by atoms with E-state index in [-0.39, 0.29) is 11.8 Å². The molecule has 2 N–H and O–H groups in total. The Morgan fingerprint density at radius 3 is 2.31 bits per heavy atom. The van der Waals surface area contributed by atoms with Crippen LogP contribution in [0.15, 0.2) is 71.4 Å². The van der Waals surface area contributed by atoms with Crippen molar-refractivity contribution in [1.29, 1.82) is 0 Å². The Labute approximate surface area is 192 Å². The number of thiophene rings is 1. The molecule has 0 unspecified atom stereocenters. The number of hydrogen-bond donors (Lipinski definition) is 2. The molecular formula is C25H28N4O2S. The Balaban J connectivity index is 1.27. The van der Waals surface area contributed by atoms with Crippen LogP contribution in [0, 0.1) is 0 Å². The Kier molecular flexibility index (Phi) is 7.66. The van der Waals surface area contributed by atoms with E-state index in [0.717, 1.165) is 38.3 Å². The van der Waals surface area contributed by atoms with E-state index >= 15 is 0 Å². The molecule has 0 radical (unpaired) electrons. The Bertz CT molecular complexity index is 1020. The molecule has 1 fully saturated rings. The summed E-state index contributed by atoms with van der Waals surface area (Å²) in [5, 5.41) is 10.2. The van der Waals surface area contributed by atoms with E-state index in [0.29, 0.717) is 24.3 Å². The van der Waals surface area contributed by atoms with E-state index in [1.807, 2.05) is 36.4 Å². The molecule has 4 rings (SSSR count). The maximum Gasteiger partial charge on any atom is 0.253 e. The van der Waals surface area contributed by atoms with Gasteiger partial charge in [0.05, 0.1) is 17.8 Å². The number of para-hydroxylation sites is 1. The zero-order valence-corrected chi connectivity index (χ0v) is 18.8. The van der Waals surface area contributed by atoms with E-state index < -0.39 is 0 Å². The molecule has 1 aromatic heterocycles. The highest BCUT2D eigenvalue weighted by molar-refractivity contribution is 7.07. The summed E-state index contributed by atoms with van der Waals surface area (Å²) in [6, 6.07) is 19.1. The third-order valence-electron chi connectivity index (χ3n) is 5.56. The van der Waals surface area contributed by atoms with Gasteiger partial charge in [-0.2, -0.15) is 11.3 Å². The van der Waals surface area contributed by atoms with Crippen LogP contribution >= 0.6 is 11.3 Å². The van der Waals surface area contributed by atoms with Crippen molar-refractivity contribution in [2.45, 2.75) is 13.1 Å². The van der Waals surface area contributed by atoms with Gasteiger partial charge in [0.1, 0.15) is 0 Å². The van der Waals surface area contributed by atoms with Crippen LogP contribution in [-0.4, -0.2) is 54.3 Å². The summed E-state index contributed by atoms with van der Waals surface area (Å²) in [5.41, 5.74) is 3.39. The zero-order chi connectivity index (χ0) is 22.2. The maximum absolute atomic E-state index is 12.7. The second kappa shape index (κ2) is 11.0. The molecule has 1 aliphatic rings. The number of carbonyl (C=O) groups is 2. The van der Waals surface area contributed by atoms with E-state index in [1.165, 1.54) is 5.56 Å². The van der Waals surface area contributed by atoms with E-state index in [9.17, 15) is 9.59 Å². The molecule has 0 spiro atoms. The average Bonchev–Trinajstić information content (AvgIpc) is 3.33. The molecule has 0 atom stereocenters. The smallest absolute Gasteiger partial charge is 0.253 e. The number of benzene rings is 2. The standard InChI is InChI=1S/C25H28N4O2S/c30-24(18-29-13-11-28(12-14-29)17-21-10-15-32-19-21)27-23-9-5-4-8-22(23)25(31)26-16-20-6-2-1-3-7-20/h1-10,15,19H,11-14,16-18H2,(H,26,31)(H,27,30). The lowest BCUT2D eigenvalue weighted by Gasteiger charge is -2.34. The van der Waals surface area contributed by atoms with Gasteiger partial charge in [-0.1, -0.05) is 42.5 Å². The quantitative estimate of drug-likeness (QED) is 0.554. The molecule has 0 aliphatic carbocycles. The number of carbonyl (C=O) groups excluding carboxylic acids is 2. The van der Waals surface area contributed by atoms with Gasteiger partial charge in [-0.3, -0.25) is 19.4 Å². The molecular weight excluding hydrogens is 420 g/mol. The van der Waals surface area contributed by atoms with Crippen molar-refractivity contribution in [2.24, 2.45) is 0 Å². The number of piperazine rings is 1. The first-order chi connectivity index (χ1) is 15.7. The molecule has 1 saturated heterocycles. The first-order valence-electron chi connectivity index (χ1n) is 10.8. The number of hydrogen-bond acceptors (Lipinski definition) is 5. The minimum atomic E-state index is -0.202. The summed E-state index contributed by atoms with van der Waals surface area (Å²) in [6.07, 6.45) is 0. The predicted octanol–water partition coefficient (Wildman–Crippen LogP) is 3.43. The number of nitrogens with one attached hydrogen (secondary N) is 2. The molecule has 2 aromatic carbocycles. The molecule has 7 heteroatoms. The Morgan fingerprint density at radius 1 is 0.844 bits per heavy atom. The maximum atomic E-state index is 12.7. The molecule has 1 aliphatic heterocycles. The first kappa shape index (κ1) is 22.2. The molecule has 166 valence electrons. The van der Waals surface area contributed by atoms with Gasteiger partial charge in [-0.05, 0) is 40.1 Å². The molecule has 0 bridgehead atoms. The van der Waals surface area contributed by atoms with Crippen LogP contribution in [0.1, 0.15) is 21.5 Å². The fourth-order valence-corrected chi connectivity index (χ4v) is 4.46. The number of rotatable bonds is 8. The van der Waals surface area contributed by atoms with Gasteiger partial charge in [-0.25, -0.2) is 0 Å². The second-order valence-corrected chi connectivity index (χ2v) is 8.73. The Morgan fingerprint density at radius 2 is 1.56 bits per heavy atom. The van der Waals surface area contributed by atoms with Gasteiger partial charge in [0, 0.05) is 39.3 Å². The lowest BCUT2D eigenvalue weighted by molar-refractivity contribution is -0.117. The molecule has 32 heavy (non-hydrogen) atoms. The monoisotopic (exact) mass is 448 g/mol. The minimum absolute atomic E-state index is 0.0976. The summed E-state index contributed by atoms with van der Waals surface area (Å²) in [7, 11) is 0. The van der Waals surface area contributed by atoms with Gasteiger partial charge in [0.2, 0.25) is 5.91 Å². The van der Waals surface area contributed by atoms with E-state index in [1.54, 1.807) is 29.5 Å². The summed E-state index contributed by atoms with van der Waals surface area (Å²) < 4.78 is 0. The number of amides is 2. The minimum Gasteiger partial charge on any atom is -0.348 e. The van der Waals surface area contributed by atoms with E-state index in [2.05, 4.69) is 37.3 Å². The van der Waals surface area contributed by atoms with Crippen LogP contribution < -0.4 is 10.6 Å².